The lowest BCUT2D eigenvalue weighted by Crippen LogP contribution is -2.13. The molecule has 7 nitrogen and oxygen atoms in total. The standard InChI is InChI=1S/C26H21ClF3N5O2/c1-15-3-4-16(12-27)11-21(15)34-24(36)17-5-7-18(8-6-17)33-25-32-14-20(26(28,29)30)23(35-25)19-13-31-10-9-22(19)37-2/h3-11,13-14H,12H2,1-2H3,(H,34,36)(H,32,33,35). The third-order valence-electron chi connectivity index (χ3n) is 5.46. The van der Waals surface area contributed by atoms with E-state index in [1.165, 1.54) is 25.6 Å². The van der Waals surface area contributed by atoms with E-state index in [4.69, 9.17) is 16.3 Å². The van der Waals surface area contributed by atoms with Gasteiger partial charge >= 0.3 is 6.18 Å². The highest BCUT2D eigenvalue weighted by Crippen LogP contribution is 2.39. The van der Waals surface area contributed by atoms with Crippen LogP contribution in [0.25, 0.3) is 11.3 Å². The molecule has 0 radical (unpaired) electrons. The first-order chi connectivity index (χ1) is 17.7. The molecule has 0 aliphatic rings. The number of nitrogens with zero attached hydrogens (tertiary/aromatic N) is 3. The van der Waals surface area contributed by atoms with Gasteiger partial charge in [0, 0.05) is 41.4 Å². The molecule has 0 saturated carbocycles. The molecule has 0 unspecified atom stereocenters. The fourth-order valence-corrected chi connectivity index (χ4v) is 3.67. The molecule has 0 aliphatic carbocycles. The Balaban J connectivity index is 1.57. The molecule has 0 aliphatic heterocycles. The zero-order valence-corrected chi connectivity index (χ0v) is 20.5. The number of aryl methyl sites for hydroxylation is 1. The first kappa shape index (κ1) is 25.9. The van der Waals surface area contributed by atoms with E-state index in [0.717, 1.165) is 11.1 Å². The SMILES string of the molecule is COc1ccncc1-c1nc(Nc2ccc(C(=O)Nc3cc(CCl)ccc3C)cc2)ncc1C(F)(F)F. The van der Waals surface area contributed by atoms with Crippen molar-refractivity contribution in [3.8, 4) is 17.0 Å². The van der Waals surface area contributed by atoms with E-state index in [1.807, 2.05) is 25.1 Å². The number of ether oxygens (including phenoxy) is 1. The average Bonchev–Trinajstić information content (AvgIpc) is 2.89. The number of carbonyl (C=O) groups excluding carboxylic acids is 1. The van der Waals surface area contributed by atoms with Crippen LogP contribution in [0, 0.1) is 6.92 Å². The predicted octanol–water partition coefficient (Wildman–Crippen LogP) is 6.61. The highest BCUT2D eigenvalue weighted by atomic mass is 35.5. The maximum atomic E-state index is 13.7. The van der Waals surface area contributed by atoms with Crippen LogP contribution in [0.4, 0.5) is 30.5 Å². The molecule has 4 aromatic rings. The lowest BCUT2D eigenvalue weighted by molar-refractivity contribution is -0.137. The van der Waals surface area contributed by atoms with Gasteiger partial charge in [0.05, 0.1) is 18.4 Å². The maximum absolute atomic E-state index is 13.7. The molecule has 2 aromatic heterocycles. The minimum absolute atomic E-state index is 0.0698. The van der Waals surface area contributed by atoms with E-state index in [1.54, 1.807) is 24.3 Å². The normalized spacial score (nSPS) is 11.2. The Labute approximate surface area is 215 Å². The predicted molar refractivity (Wildman–Crippen MR) is 135 cm³/mol. The smallest absolute Gasteiger partial charge is 0.420 e. The summed E-state index contributed by atoms with van der Waals surface area (Å²) >= 11 is 5.88. The number of hydrogen-bond donors (Lipinski definition) is 2. The minimum atomic E-state index is -4.69. The summed E-state index contributed by atoms with van der Waals surface area (Å²) in [7, 11) is 1.35. The second-order valence-corrected chi connectivity index (χ2v) is 8.24. The van der Waals surface area contributed by atoms with Crippen molar-refractivity contribution >= 4 is 34.8 Å². The van der Waals surface area contributed by atoms with E-state index in [0.29, 0.717) is 29.0 Å². The monoisotopic (exact) mass is 527 g/mol. The zero-order valence-electron chi connectivity index (χ0n) is 19.7. The molecule has 11 heteroatoms. The highest BCUT2D eigenvalue weighted by Gasteiger charge is 2.36. The number of hydrogen-bond acceptors (Lipinski definition) is 6. The summed E-state index contributed by atoms with van der Waals surface area (Å²) < 4.78 is 46.2. The molecule has 0 spiro atoms. The summed E-state index contributed by atoms with van der Waals surface area (Å²) in [4.78, 5) is 24.5. The van der Waals surface area contributed by atoms with Crippen LogP contribution in [0.1, 0.15) is 27.0 Å². The number of amides is 1. The summed E-state index contributed by atoms with van der Waals surface area (Å²) in [5.74, 6) is 0.121. The van der Waals surface area contributed by atoms with Crippen LogP contribution in [0.15, 0.2) is 67.1 Å². The number of halogens is 4. The average molecular weight is 528 g/mol. The fraction of sp³-hybridized carbons (Fsp3) is 0.154. The summed E-state index contributed by atoms with van der Waals surface area (Å²) in [6.07, 6.45) is -1.33. The lowest BCUT2D eigenvalue weighted by Gasteiger charge is -2.15. The first-order valence-electron chi connectivity index (χ1n) is 11.0. The number of pyridine rings is 1. The summed E-state index contributed by atoms with van der Waals surface area (Å²) in [6, 6.07) is 13.4. The van der Waals surface area contributed by atoms with Gasteiger partial charge in [-0.15, -0.1) is 11.6 Å². The van der Waals surface area contributed by atoms with Gasteiger partial charge in [0.25, 0.3) is 5.91 Å². The van der Waals surface area contributed by atoms with Gasteiger partial charge in [-0.2, -0.15) is 13.2 Å². The molecule has 4 rings (SSSR count). The van der Waals surface area contributed by atoms with Crippen molar-refractivity contribution in [1.29, 1.82) is 0 Å². The summed E-state index contributed by atoms with van der Waals surface area (Å²) in [6.45, 7) is 1.88. The molecule has 0 fully saturated rings. The van der Waals surface area contributed by atoms with Gasteiger partial charge in [-0.3, -0.25) is 9.78 Å². The van der Waals surface area contributed by atoms with Crippen molar-refractivity contribution in [2.24, 2.45) is 0 Å². The van der Waals surface area contributed by atoms with Gasteiger partial charge in [-0.05, 0) is 54.4 Å². The topological polar surface area (TPSA) is 89.0 Å². The van der Waals surface area contributed by atoms with Crippen LogP contribution in [0.5, 0.6) is 5.75 Å². The number of methoxy groups -OCH3 is 1. The van der Waals surface area contributed by atoms with Crippen LogP contribution >= 0.6 is 11.6 Å². The Morgan fingerprint density at radius 2 is 1.84 bits per heavy atom. The second-order valence-electron chi connectivity index (χ2n) is 7.97. The number of rotatable bonds is 7. The lowest BCUT2D eigenvalue weighted by atomic mass is 10.1. The van der Waals surface area contributed by atoms with Crippen LogP contribution in [0.2, 0.25) is 0 Å². The Bertz CT molecular complexity index is 1430. The molecule has 0 bridgehead atoms. The maximum Gasteiger partial charge on any atom is 0.420 e. The second kappa shape index (κ2) is 10.8. The molecule has 2 aromatic carbocycles. The van der Waals surface area contributed by atoms with Crippen LogP contribution < -0.4 is 15.4 Å². The Morgan fingerprint density at radius 3 is 2.51 bits per heavy atom. The van der Waals surface area contributed by atoms with E-state index in [2.05, 4.69) is 25.6 Å². The molecule has 190 valence electrons. The number of benzene rings is 2. The van der Waals surface area contributed by atoms with Crippen LogP contribution in [-0.2, 0) is 12.1 Å². The molecule has 0 atom stereocenters. The van der Waals surface area contributed by atoms with Crippen molar-refractivity contribution in [2.75, 3.05) is 17.7 Å². The minimum Gasteiger partial charge on any atom is -0.496 e. The highest BCUT2D eigenvalue weighted by molar-refractivity contribution is 6.17. The Kier molecular flexibility index (Phi) is 7.58. The zero-order chi connectivity index (χ0) is 26.6. The number of carbonyl (C=O) groups is 1. The number of nitrogens with one attached hydrogen (secondary N) is 2. The van der Waals surface area contributed by atoms with Crippen molar-refractivity contribution in [3.63, 3.8) is 0 Å². The van der Waals surface area contributed by atoms with E-state index >= 15 is 0 Å². The first-order valence-corrected chi connectivity index (χ1v) is 11.5. The number of aromatic nitrogens is 3. The summed E-state index contributed by atoms with van der Waals surface area (Å²) in [5.41, 5.74) is 1.95. The Hall–Kier alpha value is -4.18. The van der Waals surface area contributed by atoms with Crippen molar-refractivity contribution < 1.29 is 22.7 Å². The molecule has 1 amide bonds. The van der Waals surface area contributed by atoms with Crippen molar-refractivity contribution in [2.45, 2.75) is 19.0 Å². The number of anilines is 3. The molecule has 37 heavy (non-hydrogen) atoms. The third kappa shape index (κ3) is 5.97. The Morgan fingerprint density at radius 1 is 1.08 bits per heavy atom. The molecule has 0 saturated heterocycles. The largest absolute Gasteiger partial charge is 0.496 e. The van der Waals surface area contributed by atoms with Crippen molar-refractivity contribution in [1.82, 2.24) is 15.0 Å². The van der Waals surface area contributed by atoms with E-state index in [9.17, 15) is 18.0 Å². The van der Waals surface area contributed by atoms with Gasteiger partial charge in [0.2, 0.25) is 5.95 Å². The molecule has 2 heterocycles. The molecular formula is C26H21ClF3N5O2. The van der Waals surface area contributed by atoms with Gasteiger partial charge in [-0.25, -0.2) is 9.97 Å². The number of alkyl halides is 4. The van der Waals surface area contributed by atoms with E-state index in [-0.39, 0.29) is 28.9 Å². The van der Waals surface area contributed by atoms with Gasteiger partial charge in [0.15, 0.2) is 0 Å². The summed E-state index contributed by atoms with van der Waals surface area (Å²) in [5, 5.41) is 5.73. The van der Waals surface area contributed by atoms with Gasteiger partial charge in [-0.1, -0.05) is 12.1 Å². The molecular weight excluding hydrogens is 507 g/mol. The van der Waals surface area contributed by atoms with Crippen LogP contribution in [0.3, 0.4) is 0 Å². The van der Waals surface area contributed by atoms with Gasteiger partial charge < -0.3 is 15.4 Å². The van der Waals surface area contributed by atoms with Crippen LogP contribution in [-0.4, -0.2) is 28.0 Å². The van der Waals surface area contributed by atoms with Gasteiger partial charge in [0.1, 0.15) is 11.3 Å². The molecule has 2 N–H and O–H groups in total. The third-order valence-corrected chi connectivity index (χ3v) is 5.77. The fourth-order valence-electron chi connectivity index (χ4n) is 3.51. The van der Waals surface area contributed by atoms with Crippen molar-refractivity contribution in [3.05, 3.63) is 89.4 Å². The van der Waals surface area contributed by atoms with E-state index < -0.39 is 11.7 Å². The quantitative estimate of drug-likeness (QED) is 0.263.